The summed E-state index contributed by atoms with van der Waals surface area (Å²) in [6, 6.07) is 0. The quantitative estimate of drug-likeness (QED) is 0.655. The van der Waals surface area contributed by atoms with E-state index in [4.69, 9.17) is 5.11 Å². The van der Waals surface area contributed by atoms with Crippen LogP contribution in [-0.4, -0.2) is 52.4 Å². The standard InChI is InChI=1S/C11H20N4O2S/c1-2-3-4-5-15(6-7-16)8-10(17)13-11-14-12-9-18-11/h9,16H,2-8H2,1H3,(H,13,14,17). The van der Waals surface area contributed by atoms with Gasteiger partial charge in [0.2, 0.25) is 11.0 Å². The Hall–Kier alpha value is -1.05. The summed E-state index contributed by atoms with van der Waals surface area (Å²) >= 11 is 1.29. The Balaban J connectivity index is 2.32. The van der Waals surface area contributed by atoms with Gasteiger partial charge in [0.1, 0.15) is 5.51 Å². The van der Waals surface area contributed by atoms with Crippen molar-refractivity contribution in [3.8, 4) is 0 Å². The fourth-order valence-corrected chi connectivity index (χ4v) is 2.05. The summed E-state index contributed by atoms with van der Waals surface area (Å²) in [6.45, 7) is 3.84. The fourth-order valence-electron chi connectivity index (χ4n) is 1.59. The Bertz CT molecular complexity index is 332. The summed E-state index contributed by atoms with van der Waals surface area (Å²) in [5.41, 5.74) is 1.57. The molecule has 0 spiro atoms. The van der Waals surface area contributed by atoms with Gasteiger partial charge in [0.05, 0.1) is 13.2 Å². The van der Waals surface area contributed by atoms with Crippen molar-refractivity contribution in [1.82, 2.24) is 15.1 Å². The Morgan fingerprint density at radius 2 is 2.33 bits per heavy atom. The van der Waals surface area contributed by atoms with Crippen LogP contribution < -0.4 is 5.32 Å². The van der Waals surface area contributed by atoms with E-state index < -0.39 is 0 Å². The van der Waals surface area contributed by atoms with Gasteiger partial charge in [-0.2, -0.15) is 0 Å². The van der Waals surface area contributed by atoms with Crippen LogP contribution in [0.3, 0.4) is 0 Å². The number of carbonyl (C=O) groups is 1. The molecule has 0 saturated carbocycles. The second kappa shape index (κ2) is 8.96. The van der Waals surface area contributed by atoms with Crippen LogP contribution in [-0.2, 0) is 4.79 Å². The number of nitrogens with zero attached hydrogens (tertiary/aromatic N) is 3. The highest BCUT2D eigenvalue weighted by atomic mass is 32.1. The first-order chi connectivity index (χ1) is 8.76. The highest BCUT2D eigenvalue weighted by molar-refractivity contribution is 7.13. The molecule has 0 unspecified atom stereocenters. The SMILES string of the molecule is CCCCCN(CCO)CC(=O)Nc1nncs1. The Kier molecular flexibility index (Phi) is 7.47. The van der Waals surface area contributed by atoms with Gasteiger partial charge < -0.3 is 5.11 Å². The molecule has 1 aromatic heterocycles. The minimum absolute atomic E-state index is 0.0677. The van der Waals surface area contributed by atoms with Gasteiger partial charge in [-0.1, -0.05) is 31.1 Å². The second-order valence-corrected chi connectivity index (χ2v) is 4.83. The maximum atomic E-state index is 11.7. The van der Waals surface area contributed by atoms with Gasteiger partial charge in [-0.3, -0.25) is 15.0 Å². The number of carbonyl (C=O) groups excluding carboxylic acids is 1. The first-order valence-corrected chi connectivity index (χ1v) is 7.03. The number of aliphatic hydroxyl groups is 1. The van der Waals surface area contributed by atoms with E-state index in [1.54, 1.807) is 5.51 Å². The molecule has 1 rings (SSSR count). The molecule has 0 aliphatic carbocycles. The fraction of sp³-hybridized carbons (Fsp3) is 0.727. The normalized spacial score (nSPS) is 10.8. The van der Waals surface area contributed by atoms with E-state index in [2.05, 4.69) is 22.4 Å². The molecule has 0 saturated heterocycles. The van der Waals surface area contributed by atoms with Crippen LogP contribution in [0.15, 0.2) is 5.51 Å². The number of hydrogen-bond donors (Lipinski definition) is 2. The number of unbranched alkanes of at least 4 members (excludes halogenated alkanes) is 2. The topological polar surface area (TPSA) is 78.4 Å². The molecule has 102 valence electrons. The summed E-state index contributed by atoms with van der Waals surface area (Å²) in [7, 11) is 0. The summed E-state index contributed by atoms with van der Waals surface area (Å²) in [5, 5.41) is 19.6. The van der Waals surface area contributed by atoms with Gasteiger partial charge in [-0.05, 0) is 13.0 Å². The number of nitrogens with one attached hydrogen (secondary N) is 1. The van der Waals surface area contributed by atoms with Crippen molar-refractivity contribution in [1.29, 1.82) is 0 Å². The molecule has 0 aliphatic rings. The molecule has 0 atom stereocenters. The molecule has 0 bridgehead atoms. The van der Waals surface area contributed by atoms with E-state index in [1.807, 2.05) is 4.90 Å². The van der Waals surface area contributed by atoms with Crippen molar-refractivity contribution in [2.75, 3.05) is 31.6 Å². The zero-order valence-electron chi connectivity index (χ0n) is 10.6. The van der Waals surface area contributed by atoms with Crippen molar-refractivity contribution in [3.05, 3.63) is 5.51 Å². The third kappa shape index (κ3) is 6.04. The van der Waals surface area contributed by atoms with Crippen molar-refractivity contribution in [2.45, 2.75) is 26.2 Å². The Labute approximate surface area is 111 Å². The number of anilines is 1. The van der Waals surface area contributed by atoms with Crippen molar-refractivity contribution >= 4 is 22.4 Å². The van der Waals surface area contributed by atoms with Crippen molar-refractivity contribution in [2.24, 2.45) is 0 Å². The van der Waals surface area contributed by atoms with Crippen LogP contribution in [0.25, 0.3) is 0 Å². The first-order valence-electron chi connectivity index (χ1n) is 6.15. The number of aliphatic hydroxyl groups excluding tert-OH is 1. The lowest BCUT2D eigenvalue weighted by molar-refractivity contribution is -0.117. The lowest BCUT2D eigenvalue weighted by Crippen LogP contribution is -2.36. The molecule has 0 aromatic carbocycles. The molecule has 0 fully saturated rings. The minimum atomic E-state index is -0.114. The molecule has 0 aliphatic heterocycles. The third-order valence-corrected chi connectivity index (χ3v) is 3.07. The molecule has 2 N–H and O–H groups in total. The molecular formula is C11H20N4O2S. The summed E-state index contributed by atoms with van der Waals surface area (Å²) in [4.78, 5) is 13.7. The number of hydrogen-bond acceptors (Lipinski definition) is 6. The minimum Gasteiger partial charge on any atom is -0.395 e. The molecule has 7 heteroatoms. The summed E-state index contributed by atoms with van der Waals surface area (Å²) < 4.78 is 0. The molecule has 1 heterocycles. The predicted octanol–water partition coefficient (Wildman–Crippen LogP) is 0.961. The van der Waals surface area contributed by atoms with E-state index in [1.165, 1.54) is 11.3 Å². The Morgan fingerprint density at radius 3 is 2.94 bits per heavy atom. The average molecular weight is 272 g/mol. The molecule has 6 nitrogen and oxygen atoms in total. The van der Waals surface area contributed by atoms with Gasteiger partial charge in [0.15, 0.2) is 0 Å². The van der Waals surface area contributed by atoms with Crippen molar-refractivity contribution in [3.63, 3.8) is 0 Å². The molecular weight excluding hydrogens is 252 g/mol. The van der Waals surface area contributed by atoms with E-state index in [9.17, 15) is 4.79 Å². The lowest BCUT2D eigenvalue weighted by Gasteiger charge is -2.20. The number of amides is 1. The van der Waals surface area contributed by atoms with Crippen LogP contribution in [0.2, 0.25) is 0 Å². The number of rotatable bonds is 9. The summed E-state index contributed by atoms with van der Waals surface area (Å²) in [5.74, 6) is -0.114. The largest absolute Gasteiger partial charge is 0.395 e. The third-order valence-electron chi connectivity index (χ3n) is 2.47. The van der Waals surface area contributed by atoms with Gasteiger partial charge in [0.25, 0.3) is 0 Å². The number of aromatic nitrogens is 2. The van der Waals surface area contributed by atoms with Crippen LogP contribution in [0.5, 0.6) is 0 Å². The highest BCUT2D eigenvalue weighted by Gasteiger charge is 2.11. The molecule has 1 aromatic rings. The van der Waals surface area contributed by atoms with Crippen LogP contribution >= 0.6 is 11.3 Å². The molecule has 1 amide bonds. The van der Waals surface area contributed by atoms with Gasteiger partial charge in [-0.25, -0.2) is 0 Å². The predicted molar refractivity (Wildman–Crippen MR) is 71.6 cm³/mol. The van der Waals surface area contributed by atoms with E-state index in [0.717, 1.165) is 25.8 Å². The van der Waals surface area contributed by atoms with Crippen LogP contribution in [0.4, 0.5) is 5.13 Å². The monoisotopic (exact) mass is 272 g/mol. The first kappa shape index (κ1) is 15.0. The van der Waals surface area contributed by atoms with E-state index in [-0.39, 0.29) is 19.1 Å². The lowest BCUT2D eigenvalue weighted by atomic mass is 10.2. The molecule has 18 heavy (non-hydrogen) atoms. The van der Waals surface area contributed by atoms with E-state index >= 15 is 0 Å². The van der Waals surface area contributed by atoms with Crippen LogP contribution in [0, 0.1) is 0 Å². The van der Waals surface area contributed by atoms with Crippen LogP contribution in [0.1, 0.15) is 26.2 Å². The molecule has 0 radical (unpaired) electrons. The van der Waals surface area contributed by atoms with E-state index in [0.29, 0.717) is 11.7 Å². The smallest absolute Gasteiger partial charge is 0.240 e. The zero-order chi connectivity index (χ0) is 13.2. The second-order valence-electron chi connectivity index (χ2n) is 4.00. The van der Waals surface area contributed by atoms with Crippen molar-refractivity contribution < 1.29 is 9.90 Å². The average Bonchev–Trinajstić information content (AvgIpc) is 2.82. The maximum Gasteiger partial charge on any atom is 0.240 e. The zero-order valence-corrected chi connectivity index (χ0v) is 11.4. The van der Waals surface area contributed by atoms with Gasteiger partial charge >= 0.3 is 0 Å². The summed E-state index contributed by atoms with van der Waals surface area (Å²) in [6.07, 6.45) is 3.33. The highest BCUT2D eigenvalue weighted by Crippen LogP contribution is 2.07. The van der Waals surface area contributed by atoms with Gasteiger partial charge in [-0.15, -0.1) is 10.2 Å². The maximum absolute atomic E-state index is 11.7. The Morgan fingerprint density at radius 1 is 1.50 bits per heavy atom. The van der Waals surface area contributed by atoms with Gasteiger partial charge in [0, 0.05) is 6.54 Å².